The average Bonchev–Trinajstić information content (AvgIpc) is 2.72. The molecule has 0 atom stereocenters. The first-order chi connectivity index (χ1) is 13.9. The molecule has 0 unspecified atom stereocenters. The Morgan fingerprint density at radius 2 is 2.03 bits per heavy atom. The van der Waals surface area contributed by atoms with Crippen LogP contribution in [0, 0.1) is 23.7 Å². The third-order valence-corrected chi connectivity index (χ3v) is 5.29. The molecule has 29 heavy (non-hydrogen) atoms. The highest BCUT2D eigenvalue weighted by Crippen LogP contribution is 2.20. The van der Waals surface area contributed by atoms with Gasteiger partial charge in [-0.15, -0.1) is 6.42 Å². The zero-order valence-corrected chi connectivity index (χ0v) is 17.0. The predicted octanol–water partition coefficient (Wildman–Crippen LogP) is 1.48. The van der Waals surface area contributed by atoms with Crippen molar-refractivity contribution in [2.24, 2.45) is 0 Å². The molecule has 152 valence electrons. The number of nitrogens with one attached hydrogen (secondary N) is 2. The molecule has 1 aromatic heterocycles. The maximum atomic E-state index is 12.3. The van der Waals surface area contributed by atoms with Crippen LogP contribution in [0.25, 0.3) is 0 Å². The van der Waals surface area contributed by atoms with E-state index in [0.717, 1.165) is 0 Å². The maximum absolute atomic E-state index is 12.3. The fourth-order valence-electron chi connectivity index (χ4n) is 2.37. The molecular weight excluding hydrogens is 392 g/mol. The number of ether oxygens (including phenoxy) is 1. The summed E-state index contributed by atoms with van der Waals surface area (Å²) in [6.45, 7) is 1.06. The van der Waals surface area contributed by atoms with Crippen molar-refractivity contribution in [1.82, 2.24) is 14.7 Å². The van der Waals surface area contributed by atoms with Crippen LogP contribution < -0.4 is 14.9 Å². The molecule has 0 saturated heterocycles. The topological polar surface area (TPSA) is 120 Å². The van der Waals surface area contributed by atoms with E-state index in [4.69, 9.17) is 11.2 Å². The number of rotatable bonds is 10. The van der Waals surface area contributed by atoms with Crippen LogP contribution >= 0.6 is 0 Å². The van der Waals surface area contributed by atoms with Crippen molar-refractivity contribution in [1.29, 1.82) is 5.26 Å². The molecule has 2 rings (SSSR count). The van der Waals surface area contributed by atoms with Gasteiger partial charge in [-0.3, -0.25) is 0 Å². The van der Waals surface area contributed by atoms with Crippen molar-refractivity contribution in [3.05, 3.63) is 36.0 Å². The van der Waals surface area contributed by atoms with E-state index >= 15 is 0 Å². The zero-order valence-electron chi connectivity index (χ0n) is 16.2. The molecule has 10 heteroatoms. The number of nitriles is 1. The first-order valence-electron chi connectivity index (χ1n) is 8.68. The van der Waals surface area contributed by atoms with Crippen molar-refractivity contribution in [3.8, 4) is 18.4 Å². The third kappa shape index (κ3) is 6.16. The molecule has 0 bridgehead atoms. The SMILES string of the molecule is C#CCN(C)c1nc(Nc2ccc(S(=O)(=O)NCCCOC)cc2)ncc1C#N. The Kier molecular flexibility index (Phi) is 7.92. The van der Waals surface area contributed by atoms with Gasteiger partial charge in [0.15, 0.2) is 5.82 Å². The number of nitrogens with zero attached hydrogens (tertiary/aromatic N) is 4. The van der Waals surface area contributed by atoms with Gasteiger partial charge in [-0.2, -0.15) is 10.2 Å². The summed E-state index contributed by atoms with van der Waals surface area (Å²) in [5.41, 5.74) is 0.896. The van der Waals surface area contributed by atoms with Gasteiger partial charge in [0, 0.05) is 33.0 Å². The van der Waals surface area contributed by atoms with Crippen molar-refractivity contribution in [2.75, 3.05) is 44.1 Å². The summed E-state index contributed by atoms with van der Waals surface area (Å²) in [6.07, 6.45) is 7.31. The van der Waals surface area contributed by atoms with Gasteiger partial charge in [0.1, 0.15) is 11.6 Å². The fraction of sp³-hybridized carbons (Fsp3) is 0.316. The summed E-state index contributed by atoms with van der Waals surface area (Å²) in [7, 11) is -0.298. The van der Waals surface area contributed by atoms with Crippen molar-refractivity contribution >= 4 is 27.5 Å². The van der Waals surface area contributed by atoms with Crippen molar-refractivity contribution in [2.45, 2.75) is 11.3 Å². The summed E-state index contributed by atoms with van der Waals surface area (Å²) < 4.78 is 32.0. The molecule has 0 amide bonds. The van der Waals surface area contributed by atoms with Crippen molar-refractivity contribution in [3.63, 3.8) is 0 Å². The Labute approximate surface area is 170 Å². The quantitative estimate of drug-likeness (QED) is 0.443. The normalized spacial score (nSPS) is 10.8. The molecule has 1 aromatic carbocycles. The molecule has 0 radical (unpaired) electrons. The Morgan fingerprint density at radius 1 is 1.31 bits per heavy atom. The van der Waals surface area contributed by atoms with Gasteiger partial charge in [-0.1, -0.05) is 5.92 Å². The van der Waals surface area contributed by atoms with Crippen molar-refractivity contribution < 1.29 is 13.2 Å². The number of benzene rings is 1. The third-order valence-electron chi connectivity index (χ3n) is 3.82. The fourth-order valence-corrected chi connectivity index (χ4v) is 3.44. The predicted molar refractivity (Wildman–Crippen MR) is 110 cm³/mol. The van der Waals surface area contributed by atoms with Crippen LogP contribution in [0.4, 0.5) is 17.5 Å². The second-order valence-electron chi connectivity index (χ2n) is 6.00. The van der Waals surface area contributed by atoms with E-state index in [-0.39, 0.29) is 17.4 Å². The lowest BCUT2D eigenvalue weighted by Crippen LogP contribution is -2.25. The largest absolute Gasteiger partial charge is 0.385 e. The van der Waals surface area contributed by atoms with E-state index in [0.29, 0.717) is 36.6 Å². The lowest BCUT2D eigenvalue weighted by atomic mass is 10.3. The second-order valence-corrected chi connectivity index (χ2v) is 7.76. The van der Waals surface area contributed by atoms with E-state index in [2.05, 4.69) is 25.9 Å². The highest BCUT2D eigenvalue weighted by molar-refractivity contribution is 7.89. The lowest BCUT2D eigenvalue weighted by molar-refractivity contribution is 0.196. The van der Waals surface area contributed by atoms with Gasteiger partial charge in [-0.05, 0) is 30.7 Å². The number of anilines is 3. The lowest BCUT2D eigenvalue weighted by Gasteiger charge is -2.17. The molecule has 0 aliphatic carbocycles. The molecule has 0 fully saturated rings. The van der Waals surface area contributed by atoms with Gasteiger partial charge >= 0.3 is 0 Å². The van der Waals surface area contributed by atoms with Crippen LogP contribution in [0.2, 0.25) is 0 Å². The van der Waals surface area contributed by atoms with E-state index in [9.17, 15) is 13.7 Å². The summed E-state index contributed by atoms with van der Waals surface area (Å²) in [6, 6.07) is 8.21. The Morgan fingerprint density at radius 3 is 2.66 bits per heavy atom. The van der Waals surface area contributed by atoms with Gasteiger partial charge in [0.2, 0.25) is 16.0 Å². The average molecular weight is 414 g/mol. The molecule has 1 heterocycles. The first-order valence-corrected chi connectivity index (χ1v) is 10.2. The van der Waals surface area contributed by atoms with Crippen LogP contribution in [-0.2, 0) is 14.8 Å². The molecular formula is C19H22N6O3S. The van der Waals surface area contributed by atoms with E-state index in [1.807, 2.05) is 6.07 Å². The van der Waals surface area contributed by atoms with E-state index < -0.39 is 10.0 Å². The minimum absolute atomic E-state index is 0.149. The van der Waals surface area contributed by atoms with E-state index in [1.54, 1.807) is 31.2 Å². The monoisotopic (exact) mass is 414 g/mol. The van der Waals surface area contributed by atoms with Crippen LogP contribution in [0.1, 0.15) is 12.0 Å². The number of hydrogen-bond donors (Lipinski definition) is 2. The molecule has 2 aromatic rings. The highest BCUT2D eigenvalue weighted by atomic mass is 32.2. The summed E-state index contributed by atoms with van der Waals surface area (Å²) >= 11 is 0. The zero-order chi connectivity index (χ0) is 21.3. The van der Waals surface area contributed by atoms with Gasteiger partial charge in [0.05, 0.1) is 17.6 Å². The smallest absolute Gasteiger partial charge is 0.240 e. The molecule has 2 N–H and O–H groups in total. The highest BCUT2D eigenvalue weighted by Gasteiger charge is 2.14. The number of aromatic nitrogens is 2. The minimum Gasteiger partial charge on any atom is -0.385 e. The van der Waals surface area contributed by atoms with Crippen LogP contribution in [-0.4, -0.2) is 52.2 Å². The van der Waals surface area contributed by atoms with Crippen LogP contribution in [0.5, 0.6) is 0 Å². The Bertz CT molecular complexity index is 1010. The number of hydrogen-bond acceptors (Lipinski definition) is 8. The second kappa shape index (κ2) is 10.4. The first kappa shape index (κ1) is 22.1. The van der Waals surface area contributed by atoms with Gasteiger partial charge in [-0.25, -0.2) is 18.1 Å². The maximum Gasteiger partial charge on any atom is 0.240 e. The number of terminal acetylenes is 1. The standard InChI is InChI=1S/C19H22N6O3S/c1-4-11-25(2)18-15(13-20)14-21-19(24-18)23-16-6-8-17(9-7-16)29(26,27)22-10-5-12-28-3/h1,6-9,14,22H,5,10-12H2,2-3H3,(H,21,23,24). The van der Waals surface area contributed by atoms with Gasteiger partial charge < -0.3 is 15.0 Å². The summed E-state index contributed by atoms with van der Waals surface area (Å²) in [5, 5.41) is 12.2. The number of methoxy groups -OCH3 is 1. The summed E-state index contributed by atoms with van der Waals surface area (Å²) in [4.78, 5) is 10.3. The Hall–Kier alpha value is -3.18. The van der Waals surface area contributed by atoms with E-state index in [1.165, 1.54) is 18.3 Å². The minimum atomic E-state index is -3.59. The Balaban J connectivity index is 2.13. The molecule has 9 nitrogen and oxygen atoms in total. The molecule has 0 saturated carbocycles. The molecule has 0 aliphatic heterocycles. The van der Waals surface area contributed by atoms with Crippen LogP contribution in [0.15, 0.2) is 35.4 Å². The van der Waals surface area contributed by atoms with Crippen LogP contribution in [0.3, 0.4) is 0 Å². The molecule has 0 aliphatic rings. The van der Waals surface area contributed by atoms with Gasteiger partial charge in [0.25, 0.3) is 0 Å². The number of sulfonamides is 1. The molecule has 0 spiro atoms. The summed E-state index contributed by atoms with van der Waals surface area (Å²) in [5.74, 6) is 3.16.